The Hall–Kier alpha value is -0.720. The summed E-state index contributed by atoms with van der Waals surface area (Å²) in [4.78, 5) is 8.92. The molecule has 6 heteroatoms. The van der Waals surface area contributed by atoms with Crippen LogP contribution in [0.3, 0.4) is 0 Å². The Balaban J connectivity index is 3.61. The van der Waals surface area contributed by atoms with Gasteiger partial charge in [-0.05, 0) is 0 Å². The first kappa shape index (κ1) is 9.28. The quantitative estimate of drug-likeness (QED) is 0.317. The van der Waals surface area contributed by atoms with Gasteiger partial charge in [-0.1, -0.05) is 0 Å². The third-order valence-corrected chi connectivity index (χ3v) is 0.967. The smallest absolute Gasteiger partial charge is 0.232 e. The summed E-state index contributed by atoms with van der Waals surface area (Å²) in [5.74, 6) is 0. The molecular formula is C4H9NO5. The molecule has 0 spiro atoms. The molecule has 0 aliphatic carbocycles. The maximum atomic E-state index is 9.68. The minimum atomic E-state index is -1.49. The highest BCUT2D eigenvalue weighted by molar-refractivity contribution is 4.63. The van der Waals surface area contributed by atoms with Crippen LogP contribution in [-0.4, -0.2) is 45.6 Å². The number of nitro groups is 1. The summed E-state index contributed by atoms with van der Waals surface area (Å²) < 4.78 is 0. The SMILES string of the molecule is O=[N+]([O-])CC(O)C(O)CO. The van der Waals surface area contributed by atoms with E-state index < -0.39 is 30.3 Å². The molecule has 0 saturated carbocycles. The van der Waals surface area contributed by atoms with Crippen molar-refractivity contribution in [3.63, 3.8) is 0 Å². The van der Waals surface area contributed by atoms with Crippen LogP contribution in [0.5, 0.6) is 0 Å². The van der Waals surface area contributed by atoms with Crippen LogP contribution < -0.4 is 0 Å². The molecule has 10 heavy (non-hydrogen) atoms. The molecule has 0 rings (SSSR count). The molecular weight excluding hydrogens is 142 g/mol. The van der Waals surface area contributed by atoms with Crippen molar-refractivity contribution in [1.29, 1.82) is 0 Å². The van der Waals surface area contributed by atoms with Gasteiger partial charge in [-0.3, -0.25) is 10.1 Å². The van der Waals surface area contributed by atoms with Crippen molar-refractivity contribution in [3.05, 3.63) is 10.1 Å². The Bertz CT molecular complexity index is 116. The number of aliphatic hydroxyl groups excluding tert-OH is 3. The Morgan fingerprint density at radius 2 is 1.90 bits per heavy atom. The lowest BCUT2D eigenvalue weighted by Crippen LogP contribution is -2.35. The van der Waals surface area contributed by atoms with E-state index >= 15 is 0 Å². The normalized spacial score (nSPS) is 16.3. The van der Waals surface area contributed by atoms with Crippen molar-refractivity contribution in [2.45, 2.75) is 12.2 Å². The van der Waals surface area contributed by atoms with E-state index in [-0.39, 0.29) is 0 Å². The first-order valence-corrected chi connectivity index (χ1v) is 2.66. The minimum Gasteiger partial charge on any atom is -0.394 e. The van der Waals surface area contributed by atoms with E-state index in [1.807, 2.05) is 0 Å². The maximum absolute atomic E-state index is 9.68. The lowest BCUT2D eigenvalue weighted by molar-refractivity contribution is -0.493. The summed E-state index contributed by atoms with van der Waals surface area (Å²) in [7, 11) is 0. The minimum absolute atomic E-state index is 0.672. The van der Waals surface area contributed by atoms with Crippen molar-refractivity contribution in [2.75, 3.05) is 13.2 Å². The van der Waals surface area contributed by atoms with Crippen LogP contribution in [0.2, 0.25) is 0 Å². The molecule has 0 radical (unpaired) electrons. The van der Waals surface area contributed by atoms with Gasteiger partial charge in [0.2, 0.25) is 6.54 Å². The van der Waals surface area contributed by atoms with Crippen molar-refractivity contribution in [1.82, 2.24) is 0 Å². The third kappa shape index (κ3) is 3.33. The number of aliphatic hydroxyl groups is 3. The van der Waals surface area contributed by atoms with Gasteiger partial charge in [-0.2, -0.15) is 0 Å². The van der Waals surface area contributed by atoms with Gasteiger partial charge in [0.05, 0.1) is 6.61 Å². The monoisotopic (exact) mass is 151 g/mol. The highest BCUT2D eigenvalue weighted by atomic mass is 16.6. The van der Waals surface area contributed by atoms with E-state index in [1.54, 1.807) is 0 Å². The van der Waals surface area contributed by atoms with Crippen LogP contribution in [0.1, 0.15) is 0 Å². The molecule has 60 valence electrons. The van der Waals surface area contributed by atoms with E-state index in [0.29, 0.717) is 0 Å². The van der Waals surface area contributed by atoms with Gasteiger partial charge in [0, 0.05) is 4.92 Å². The second-order valence-corrected chi connectivity index (χ2v) is 1.83. The predicted octanol–water partition coefficient (Wildman–Crippen LogP) is -2.02. The second-order valence-electron chi connectivity index (χ2n) is 1.83. The average molecular weight is 151 g/mol. The lowest BCUT2D eigenvalue weighted by Gasteiger charge is -2.09. The summed E-state index contributed by atoms with van der Waals surface area (Å²) in [6.45, 7) is -1.42. The van der Waals surface area contributed by atoms with Crippen LogP contribution >= 0.6 is 0 Å². The highest BCUT2D eigenvalue weighted by Crippen LogP contribution is 1.91. The van der Waals surface area contributed by atoms with Gasteiger partial charge >= 0.3 is 0 Å². The largest absolute Gasteiger partial charge is 0.394 e. The predicted molar refractivity (Wildman–Crippen MR) is 31.0 cm³/mol. The molecule has 0 aromatic heterocycles. The first-order valence-electron chi connectivity index (χ1n) is 2.66. The first-order chi connectivity index (χ1) is 4.57. The molecule has 3 N–H and O–H groups in total. The van der Waals surface area contributed by atoms with Crippen LogP contribution in [0.15, 0.2) is 0 Å². The van der Waals surface area contributed by atoms with E-state index in [0.717, 1.165) is 0 Å². The summed E-state index contributed by atoms with van der Waals surface area (Å²) in [6, 6.07) is 0. The molecule has 2 atom stereocenters. The van der Waals surface area contributed by atoms with Crippen molar-refractivity contribution >= 4 is 0 Å². The van der Waals surface area contributed by atoms with Crippen molar-refractivity contribution in [2.24, 2.45) is 0 Å². The summed E-state index contributed by atoms with van der Waals surface area (Å²) in [5, 5.41) is 35.1. The van der Waals surface area contributed by atoms with Gasteiger partial charge < -0.3 is 15.3 Å². The van der Waals surface area contributed by atoms with Crippen LogP contribution in [0, 0.1) is 10.1 Å². The van der Waals surface area contributed by atoms with Gasteiger partial charge in [-0.25, -0.2) is 0 Å². The van der Waals surface area contributed by atoms with Crippen molar-refractivity contribution in [3.8, 4) is 0 Å². The number of nitrogens with zero attached hydrogens (tertiary/aromatic N) is 1. The van der Waals surface area contributed by atoms with E-state index in [4.69, 9.17) is 15.3 Å². The number of hydrogen-bond acceptors (Lipinski definition) is 5. The fourth-order valence-electron chi connectivity index (χ4n) is 0.396. The molecule has 2 unspecified atom stereocenters. The molecule has 0 fully saturated rings. The highest BCUT2D eigenvalue weighted by Gasteiger charge is 2.19. The zero-order chi connectivity index (χ0) is 8.15. The Labute approximate surface area is 56.9 Å². The second kappa shape index (κ2) is 4.15. The summed E-state index contributed by atoms with van der Waals surface area (Å²) >= 11 is 0. The molecule has 0 bridgehead atoms. The van der Waals surface area contributed by atoms with Crippen LogP contribution in [-0.2, 0) is 0 Å². The van der Waals surface area contributed by atoms with Crippen LogP contribution in [0.4, 0.5) is 0 Å². The summed E-state index contributed by atoms with van der Waals surface area (Å²) in [5.41, 5.74) is 0. The average Bonchev–Trinajstić information content (AvgIpc) is 1.85. The molecule has 0 amide bonds. The number of hydrogen-bond donors (Lipinski definition) is 3. The Morgan fingerprint density at radius 3 is 2.20 bits per heavy atom. The zero-order valence-electron chi connectivity index (χ0n) is 5.17. The zero-order valence-corrected chi connectivity index (χ0v) is 5.17. The fourth-order valence-corrected chi connectivity index (χ4v) is 0.396. The van der Waals surface area contributed by atoms with Crippen LogP contribution in [0.25, 0.3) is 0 Å². The van der Waals surface area contributed by atoms with E-state index in [2.05, 4.69) is 0 Å². The lowest BCUT2D eigenvalue weighted by atomic mass is 10.2. The molecule has 0 aliphatic heterocycles. The molecule has 0 aliphatic rings. The molecule has 0 heterocycles. The third-order valence-electron chi connectivity index (χ3n) is 0.967. The Kier molecular flexibility index (Phi) is 3.85. The topological polar surface area (TPSA) is 104 Å². The maximum Gasteiger partial charge on any atom is 0.232 e. The van der Waals surface area contributed by atoms with Gasteiger partial charge in [0.15, 0.2) is 0 Å². The summed E-state index contributed by atoms with van der Waals surface area (Å²) in [6.07, 6.45) is -2.91. The molecule has 0 aromatic carbocycles. The molecule has 6 nitrogen and oxygen atoms in total. The Morgan fingerprint density at radius 1 is 1.40 bits per heavy atom. The fraction of sp³-hybridized carbons (Fsp3) is 1.00. The van der Waals surface area contributed by atoms with Gasteiger partial charge in [0.1, 0.15) is 12.2 Å². The number of rotatable bonds is 4. The van der Waals surface area contributed by atoms with Crippen molar-refractivity contribution < 1.29 is 20.2 Å². The van der Waals surface area contributed by atoms with E-state index in [9.17, 15) is 10.1 Å². The molecule has 0 saturated heterocycles. The molecule has 0 aromatic rings. The standard InChI is InChI=1S/C4H9NO5/c6-2-4(8)3(7)1-5(9)10/h3-4,6-8H,1-2H2. The van der Waals surface area contributed by atoms with Gasteiger partial charge in [0.25, 0.3) is 0 Å². The van der Waals surface area contributed by atoms with E-state index in [1.165, 1.54) is 0 Å². The van der Waals surface area contributed by atoms with Gasteiger partial charge in [-0.15, -0.1) is 0 Å².